The molecule has 7 nitrogen and oxygen atoms in total. The second kappa shape index (κ2) is 11.2. The number of nitrogens with one attached hydrogen (secondary N) is 3. The van der Waals surface area contributed by atoms with E-state index in [9.17, 15) is 8.42 Å². The Hall–Kier alpha value is -0.460. The Bertz CT molecular complexity index is 587. The number of rotatable bonds is 8. The second-order valence-electron chi connectivity index (χ2n) is 5.19. The molecule has 1 rings (SSSR count). The maximum absolute atomic E-state index is 10.9. The van der Waals surface area contributed by atoms with E-state index in [-0.39, 0.29) is 24.0 Å². The molecule has 3 N–H and O–H groups in total. The minimum Gasteiger partial charge on any atom is -0.356 e. The lowest BCUT2D eigenvalue weighted by Gasteiger charge is -2.10. The number of aromatic nitrogens is 1. The minimum absolute atomic E-state index is 0. The van der Waals surface area contributed by atoms with Crippen molar-refractivity contribution in [1.29, 1.82) is 0 Å². The average molecular weight is 475 g/mol. The number of hydrogen-bond donors (Lipinski definition) is 3. The zero-order valence-corrected chi connectivity index (χ0v) is 17.9. The summed E-state index contributed by atoms with van der Waals surface area (Å²) in [6.07, 6.45) is 1.84. The molecule has 0 radical (unpaired) electrons. The first-order valence-corrected chi connectivity index (χ1v) is 9.92. The lowest BCUT2D eigenvalue weighted by molar-refractivity contribution is 0.584. The first kappa shape index (κ1) is 22.5. The van der Waals surface area contributed by atoms with Gasteiger partial charge in [-0.2, -0.15) is 0 Å². The van der Waals surface area contributed by atoms with Crippen molar-refractivity contribution in [3.05, 3.63) is 16.1 Å². The van der Waals surface area contributed by atoms with Crippen molar-refractivity contribution in [2.24, 2.45) is 4.99 Å². The fraction of sp³-hybridized carbons (Fsp3) is 0.692. The minimum atomic E-state index is -3.11. The Labute approximate surface area is 159 Å². The first-order chi connectivity index (χ1) is 10.3. The molecule has 23 heavy (non-hydrogen) atoms. The Balaban J connectivity index is 0.00000484. The van der Waals surface area contributed by atoms with Gasteiger partial charge in [0.2, 0.25) is 10.0 Å². The highest BCUT2D eigenvalue weighted by molar-refractivity contribution is 14.0. The maximum atomic E-state index is 10.9. The van der Waals surface area contributed by atoms with Crippen molar-refractivity contribution < 1.29 is 8.42 Å². The molecule has 0 aliphatic rings. The van der Waals surface area contributed by atoms with Crippen molar-refractivity contribution in [3.8, 4) is 0 Å². The Kier molecular flexibility index (Phi) is 10.9. The van der Waals surface area contributed by atoms with Gasteiger partial charge in [0, 0.05) is 25.5 Å². The third-order valence-corrected chi connectivity index (χ3v) is 4.40. The largest absolute Gasteiger partial charge is 0.356 e. The SMILES string of the molecule is CN=C(NCCCNS(C)(=O)=O)NCc1nc(C(C)C)cs1.I. The van der Waals surface area contributed by atoms with E-state index in [0.29, 0.717) is 37.9 Å². The van der Waals surface area contributed by atoms with Gasteiger partial charge in [-0.3, -0.25) is 4.99 Å². The predicted molar refractivity (Wildman–Crippen MR) is 107 cm³/mol. The summed E-state index contributed by atoms with van der Waals surface area (Å²) in [5.41, 5.74) is 1.11. The summed E-state index contributed by atoms with van der Waals surface area (Å²) in [4.78, 5) is 8.67. The zero-order valence-electron chi connectivity index (χ0n) is 13.9. The van der Waals surface area contributed by atoms with Crippen LogP contribution in [0.3, 0.4) is 0 Å². The summed E-state index contributed by atoms with van der Waals surface area (Å²) in [5.74, 6) is 1.12. The number of aliphatic imine (C=N–C) groups is 1. The van der Waals surface area contributed by atoms with Gasteiger partial charge in [-0.15, -0.1) is 35.3 Å². The van der Waals surface area contributed by atoms with E-state index < -0.39 is 10.0 Å². The fourth-order valence-electron chi connectivity index (χ4n) is 1.60. The van der Waals surface area contributed by atoms with Crippen LogP contribution in [0.4, 0.5) is 0 Å². The molecule has 1 heterocycles. The van der Waals surface area contributed by atoms with E-state index in [0.717, 1.165) is 17.0 Å². The predicted octanol–water partition coefficient (Wildman–Crippen LogP) is 1.49. The van der Waals surface area contributed by atoms with Crippen molar-refractivity contribution in [3.63, 3.8) is 0 Å². The Morgan fingerprint density at radius 3 is 2.57 bits per heavy atom. The van der Waals surface area contributed by atoms with Gasteiger partial charge < -0.3 is 10.6 Å². The van der Waals surface area contributed by atoms with Crippen LogP contribution in [-0.2, 0) is 16.6 Å². The quantitative estimate of drug-likeness (QED) is 0.229. The summed E-state index contributed by atoms with van der Waals surface area (Å²) < 4.78 is 24.3. The average Bonchev–Trinajstić information content (AvgIpc) is 2.89. The van der Waals surface area contributed by atoms with Gasteiger partial charge in [-0.25, -0.2) is 18.1 Å². The summed E-state index contributed by atoms with van der Waals surface area (Å²) in [6.45, 7) is 5.91. The molecule has 0 unspecified atom stereocenters. The summed E-state index contributed by atoms with van der Waals surface area (Å²) in [6, 6.07) is 0. The number of halogens is 1. The molecule has 134 valence electrons. The highest BCUT2D eigenvalue weighted by atomic mass is 127. The molecule has 1 aromatic rings. The standard InChI is InChI=1S/C13H25N5O2S2.HI/c1-10(2)11-9-21-12(18-11)8-16-13(14-3)15-6-5-7-17-22(4,19)20;/h9-10,17H,5-8H2,1-4H3,(H2,14,15,16);1H. The van der Waals surface area contributed by atoms with E-state index in [4.69, 9.17) is 0 Å². The van der Waals surface area contributed by atoms with Gasteiger partial charge in [-0.1, -0.05) is 13.8 Å². The van der Waals surface area contributed by atoms with Gasteiger partial charge in [0.05, 0.1) is 18.5 Å². The molecule has 0 atom stereocenters. The van der Waals surface area contributed by atoms with Crippen LogP contribution < -0.4 is 15.4 Å². The van der Waals surface area contributed by atoms with Crippen molar-refractivity contribution in [2.45, 2.75) is 32.7 Å². The number of guanidine groups is 1. The summed E-state index contributed by atoms with van der Waals surface area (Å²) in [7, 11) is -1.41. The number of sulfonamides is 1. The van der Waals surface area contributed by atoms with Crippen LogP contribution in [-0.4, -0.2) is 45.8 Å². The monoisotopic (exact) mass is 475 g/mol. The van der Waals surface area contributed by atoms with Crippen LogP contribution >= 0.6 is 35.3 Å². The van der Waals surface area contributed by atoms with E-state index in [1.54, 1.807) is 18.4 Å². The number of thiazole rings is 1. The van der Waals surface area contributed by atoms with E-state index in [1.807, 2.05) is 0 Å². The lowest BCUT2D eigenvalue weighted by atomic mass is 10.2. The molecule has 0 bridgehead atoms. The molecule has 0 saturated heterocycles. The van der Waals surface area contributed by atoms with E-state index in [1.165, 1.54) is 0 Å². The van der Waals surface area contributed by atoms with E-state index in [2.05, 4.69) is 44.6 Å². The van der Waals surface area contributed by atoms with Crippen molar-refractivity contribution >= 4 is 51.3 Å². The molecule has 0 aromatic carbocycles. The summed E-state index contributed by atoms with van der Waals surface area (Å²) >= 11 is 1.63. The molecule has 0 fully saturated rings. The molecule has 0 amide bonds. The molecule has 0 saturated carbocycles. The molecular weight excluding hydrogens is 449 g/mol. The molecule has 10 heteroatoms. The van der Waals surface area contributed by atoms with Crippen LogP contribution in [0.1, 0.15) is 36.9 Å². The normalized spacial score (nSPS) is 12.1. The first-order valence-electron chi connectivity index (χ1n) is 7.15. The zero-order chi connectivity index (χ0) is 16.6. The molecule has 1 aromatic heterocycles. The molecule has 0 aliphatic carbocycles. The van der Waals surface area contributed by atoms with Crippen LogP contribution in [0.25, 0.3) is 0 Å². The van der Waals surface area contributed by atoms with Gasteiger partial charge in [0.15, 0.2) is 5.96 Å². The maximum Gasteiger partial charge on any atom is 0.208 e. The van der Waals surface area contributed by atoms with E-state index >= 15 is 0 Å². The second-order valence-corrected chi connectivity index (χ2v) is 7.97. The third kappa shape index (κ3) is 10.1. The highest BCUT2D eigenvalue weighted by Crippen LogP contribution is 2.17. The highest BCUT2D eigenvalue weighted by Gasteiger charge is 2.06. The molecule has 0 spiro atoms. The van der Waals surface area contributed by atoms with Gasteiger partial charge >= 0.3 is 0 Å². The van der Waals surface area contributed by atoms with Gasteiger partial charge in [0.1, 0.15) is 5.01 Å². The molecule has 0 aliphatic heterocycles. The smallest absolute Gasteiger partial charge is 0.208 e. The van der Waals surface area contributed by atoms with Gasteiger partial charge in [0.25, 0.3) is 0 Å². The fourth-order valence-corrected chi connectivity index (χ4v) is 3.01. The lowest BCUT2D eigenvalue weighted by Crippen LogP contribution is -2.38. The summed E-state index contributed by atoms with van der Waals surface area (Å²) in [5, 5.41) is 9.43. The number of nitrogens with zero attached hydrogens (tertiary/aromatic N) is 2. The van der Waals surface area contributed by atoms with Crippen LogP contribution in [0.5, 0.6) is 0 Å². The van der Waals surface area contributed by atoms with Crippen LogP contribution in [0.15, 0.2) is 10.4 Å². The van der Waals surface area contributed by atoms with Crippen LogP contribution in [0, 0.1) is 0 Å². The molecular formula is C13H26IN5O2S2. The topological polar surface area (TPSA) is 95.5 Å². The van der Waals surface area contributed by atoms with Crippen molar-refractivity contribution in [2.75, 3.05) is 26.4 Å². The number of hydrogen-bond acceptors (Lipinski definition) is 5. The Morgan fingerprint density at radius 1 is 1.35 bits per heavy atom. The van der Waals surface area contributed by atoms with Gasteiger partial charge in [-0.05, 0) is 12.3 Å². The third-order valence-electron chi connectivity index (χ3n) is 2.80. The van der Waals surface area contributed by atoms with Crippen LogP contribution in [0.2, 0.25) is 0 Å². The van der Waals surface area contributed by atoms with Crippen molar-refractivity contribution in [1.82, 2.24) is 20.3 Å². The Morgan fingerprint density at radius 2 is 2.04 bits per heavy atom.